The van der Waals surface area contributed by atoms with Gasteiger partial charge in [-0.2, -0.15) is 5.10 Å². The molecule has 2 aromatic heterocycles. The van der Waals surface area contributed by atoms with Crippen LogP contribution in [0.5, 0.6) is 0 Å². The first-order valence-corrected chi connectivity index (χ1v) is 13.5. The number of rotatable bonds is 8. The van der Waals surface area contributed by atoms with Crippen LogP contribution in [0.3, 0.4) is 0 Å². The zero-order chi connectivity index (χ0) is 26.7. The van der Waals surface area contributed by atoms with E-state index in [0.717, 1.165) is 23.1 Å². The number of nitrogens with zero attached hydrogens (tertiary/aromatic N) is 5. The van der Waals surface area contributed by atoms with Crippen LogP contribution in [0.4, 0.5) is 31.5 Å². The first-order valence-electron chi connectivity index (χ1n) is 11.6. The number of sulfonamides is 1. The average Bonchev–Trinajstić information content (AvgIpc) is 3.09. The van der Waals surface area contributed by atoms with Crippen molar-refractivity contribution in [3.8, 4) is 11.1 Å². The molecule has 0 amide bonds. The SMILES string of the molecule is CC1=Nc2c(Nc3ccc(-c4cnn(C)c4)cc3N(C)S(C)(=O)=O)cc(CC(=O)[C@H]3CC3(F)F)nc2C1. The molecule has 9 nitrogen and oxygen atoms in total. The van der Waals surface area contributed by atoms with Crippen molar-refractivity contribution in [2.45, 2.75) is 32.1 Å². The average molecular weight is 529 g/mol. The van der Waals surface area contributed by atoms with Crippen molar-refractivity contribution in [1.29, 1.82) is 0 Å². The lowest BCUT2D eigenvalue weighted by molar-refractivity contribution is -0.121. The summed E-state index contributed by atoms with van der Waals surface area (Å²) in [6.45, 7) is 1.85. The van der Waals surface area contributed by atoms with E-state index in [0.29, 0.717) is 40.6 Å². The Bertz CT molecular complexity index is 1560. The first kappa shape index (κ1) is 25.0. The quantitative estimate of drug-likeness (QED) is 0.473. The van der Waals surface area contributed by atoms with Gasteiger partial charge in [0.15, 0.2) is 0 Å². The maximum Gasteiger partial charge on any atom is 0.258 e. The molecule has 194 valence electrons. The van der Waals surface area contributed by atoms with Crippen LogP contribution in [-0.4, -0.2) is 53.9 Å². The Kier molecular flexibility index (Phi) is 5.89. The van der Waals surface area contributed by atoms with Crippen LogP contribution in [0.25, 0.3) is 11.1 Å². The molecule has 12 heteroatoms. The molecule has 1 saturated carbocycles. The van der Waals surface area contributed by atoms with Crippen LogP contribution >= 0.6 is 0 Å². The van der Waals surface area contributed by atoms with Gasteiger partial charge in [0, 0.05) is 50.8 Å². The highest BCUT2D eigenvalue weighted by Crippen LogP contribution is 2.49. The number of aromatic nitrogens is 3. The highest BCUT2D eigenvalue weighted by Gasteiger charge is 2.60. The van der Waals surface area contributed by atoms with Gasteiger partial charge in [-0.3, -0.25) is 23.8 Å². The summed E-state index contributed by atoms with van der Waals surface area (Å²) >= 11 is 0. The number of benzene rings is 1. The van der Waals surface area contributed by atoms with Crippen LogP contribution in [0.15, 0.2) is 41.7 Å². The summed E-state index contributed by atoms with van der Waals surface area (Å²) in [5, 5.41) is 7.46. The molecule has 0 unspecified atom stereocenters. The van der Waals surface area contributed by atoms with E-state index < -0.39 is 34.1 Å². The Hall–Kier alpha value is -3.67. The first-order chi connectivity index (χ1) is 17.3. The van der Waals surface area contributed by atoms with Gasteiger partial charge in [-0.05, 0) is 30.7 Å². The second kappa shape index (κ2) is 8.72. The normalized spacial score (nSPS) is 17.8. The number of pyridine rings is 1. The number of nitrogens with one attached hydrogen (secondary N) is 1. The lowest BCUT2D eigenvalue weighted by Gasteiger charge is -2.22. The lowest BCUT2D eigenvalue weighted by atomic mass is 10.1. The fraction of sp³-hybridized carbons (Fsp3) is 0.360. The molecule has 0 bridgehead atoms. The number of fused-ring (bicyclic) bond motifs is 1. The van der Waals surface area contributed by atoms with E-state index in [1.54, 1.807) is 36.1 Å². The molecule has 0 spiro atoms. The fourth-order valence-electron chi connectivity index (χ4n) is 4.39. The highest BCUT2D eigenvalue weighted by molar-refractivity contribution is 7.92. The van der Waals surface area contributed by atoms with Crippen LogP contribution in [0.1, 0.15) is 24.7 Å². The van der Waals surface area contributed by atoms with Crippen molar-refractivity contribution in [3.63, 3.8) is 0 Å². The number of ketones is 1. The maximum atomic E-state index is 13.4. The Balaban J connectivity index is 1.54. The molecule has 5 rings (SSSR count). The molecule has 0 radical (unpaired) electrons. The van der Waals surface area contributed by atoms with Gasteiger partial charge in [-0.25, -0.2) is 17.2 Å². The van der Waals surface area contributed by atoms with Gasteiger partial charge < -0.3 is 5.32 Å². The number of Topliss-reactive ketones (excluding diaryl/α,β-unsaturated/α-hetero) is 1. The Morgan fingerprint density at radius 1 is 1.24 bits per heavy atom. The van der Waals surface area contributed by atoms with E-state index in [1.165, 1.54) is 11.4 Å². The van der Waals surface area contributed by atoms with Crippen LogP contribution in [-0.2, 0) is 34.7 Å². The molecule has 1 N–H and O–H groups in total. The molecule has 3 aromatic rings. The molecule has 0 saturated heterocycles. The minimum absolute atomic E-state index is 0.211. The molecule has 1 aromatic carbocycles. The third-order valence-corrected chi connectivity index (χ3v) is 7.75. The molecular weight excluding hydrogens is 502 g/mol. The minimum atomic E-state index is -3.61. The van der Waals surface area contributed by atoms with E-state index in [2.05, 4.69) is 20.4 Å². The molecule has 1 aliphatic carbocycles. The molecule has 1 atom stereocenters. The Labute approximate surface area is 213 Å². The van der Waals surface area contributed by atoms with E-state index in [-0.39, 0.29) is 6.42 Å². The van der Waals surface area contributed by atoms with Crippen molar-refractivity contribution in [2.75, 3.05) is 22.9 Å². The number of carbonyl (C=O) groups excluding carboxylic acids is 1. The highest BCUT2D eigenvalue weighted by atomic mass is 32.2. The summed E-state index contributed by atoms with van der Waals surface area (Å²) in [7, 11) is -0.351. The molecule has 1 aliphatic heterocycles. The molecule has 2 aliphatic rings. The standard InChI is InChI=1S/C25H26F2N6O3S/c1-14-7-20-24(29-14)21(9-17(30-20)10-23(34)18-11-25(18,26)27)31-19-6-5-15(16-12-28-32(2)13-16)8-22(19)33(3)37(4,35)36/h5-6,8-9,12-13,18H,7,10-11H2,1-4H3,(H,30,31)/t18-/m1/s1. The molecular formula is C25H26F2N6O3S. The van der Waals surface area contributed by atoms with Crippen LogP contribution in [0.2, 0.25) is 0 Å². The number of hydrogen-bond donors (Lipinski definition) is 1. The summed E-state index contributed by atoms with van der Waals surface area (Å²) in [5.74, 6) is -4.74. The van der Waals surface area contributed by atoms with Crippen molar-refractivity contribution < 1.29 is 22.0 Å². The van der Waals surface area contributed by atoms with Crippen molar-refractivity contribution in [2.24, 2.45) is 18.0 Å². The van der Waals surface area contributed by atoms with Crippen molar-refractivity contribution in [3.05, 3.63) is 48.0 Å². The van der Waals surface area contributed by atoms with Gasteiger partial charge in [0.25, 0.3) is 5.92 Å². The Morgan fingerprint density at radius 2 is 1.97 bits per heavy atom. The third-order valence-electron chi connectivity index (χ3n) is 6.56. The molecule has 1 fully saturated rings. The smallest absolute Gasteiger partial charge is 0.258 e. The van der Waals surface area contributed by atoms with Crippen LogP contribution in [0, 0.1) is 5.92 Å². The van der Waals surface area contributed by atoms with Gasteiger partial charge >= 0.3 is 0 Å². The largest absolute Gasteiger partial charge is 0.352 e. The van der Waals surface area contributed by atoms with Crippen LogP contribution < -0.4 is 9.62 Å². The van der Waals surface area contributed by atoms with E-state index in [9.17, 15) is 22.0 Å². The number of aryl methyl sites for hydroxylation is 1. The third kappa shape index (κ3) is 4.97. The lowest BCUT2D eigenvalue weighted by Crippen LogP contribution is -2.25. The summed E-state index contributed by atoms with van der Waals surface area (Å²) in [6, 6.07) is 6.97. The summed E-state index contributed by atoms with van der Waals surface area (Å²) in [5.41, 5.74) is 5.39. The van der Waals surface area contributed by atoms with Gasteiger partial charge in [-0.1, -0.05) is 6.07 Å². The summed E-state index contributed by atoms with van der Waals surface area (Å²) in [6.07, 6.45) is 4.47. The van der Waals surface area contributed by atoms with Gasteiger partial charge in [0.1, 0.15) is 11.5 Å². The molecule has 37 heavy (non-hydrogen) atoms. The number of hydrogen-bond acceptors (Lipinski definition) is 7. The van der Waals surface area contributed by atoms with E-state index in [4.69, 9.17) is 0 Å². The fourth-order valence-corrected chi connectivity index (χ4v) is 4.90. The second-order valence-electron chi connectivity index (χ2n) is 9.63. The zero-order valence-electron chi connectivity index (χ0n) is 20.8. The Morgan fingerprint density at radius 3 is 2.59 bits per heavy atom. The number of carbonyl (C=O) groups is 1. The van der Waals surface area contributed by atoms with Gasteiger partial charge in [0.2, 0.25) is 10.0 Å². The number of anilines is 3. The summed E-state index contributed by atoms with van der Waals surface area (Å²) in [4.78, 5) is 21.5. The van der Waals surface area contributed by atoms with Crippen molar-refractivity contribution in [1.82, 2.24) is 14.8 Å². The predicted octanol–water partition coefficient (Wildman–Crippen LogP) is 4.04. The topological polar surface area (TPSA) is 110 Å². The number of halogens is 2. The minimum Gasteiger partial charge on any atom is -0.352 e. The number of alkyl halides is 2. The van der Waals surface area contributed by atoms with E-state index >= 15 is 0 Å². The van der Waals surface area contributed by atoms with Gasteiger partial charge in [-0.15, -0.1) is 0 Å². The summed E-state index contributed by atoms with van der Waals surface area (Å²) < 4.78 is 54.6. The zero-order valence-corrected chi connectivity index (χ0v) is 21.6. The van der Waals surface area contributed by atoms with E-state index in [1.807, 2.05) is 19.2 Å². The van der Waals surface area contributed by atoms with Crippen molar-refractivity contribution >= 4 is 44.3 Å². The second-order valence-corrected chi connectivity index (χ2v) is 11.6. The predicted molar refractivity (Wildman–Crippen MR) is 138 cm³/mol. The molecule has 3 heterocycles. The number of aliphatic imine (C=N–C) groups is 1. The van der Waals surface area contributed by atoms with Gasteiger partial charge in [0.05, 0.1) is 46.8 Å². The monoisotopic (exact) mass is 528 g/mol. The maximum absolute atomic E-state index is 13.4.